The van der Waals surface area contributed by atoms with Crippen LogP contribution in [0.25, 0.3) is 0 Å². The molecule has 2 rings (SSSR count). The van der Waals surface area contributed by atoms with E-state index in [1.165, 1.54) is 0 Å². The summed E-state index contributed by atoms with van der Waals surface area (Å²) in [7, 11) is 0. The molecule has 6 heteroatoms. The molecule has 6 nitrogen and oxygen atoms in total. The first-order chi connectivity index (χ1) is 8.65. The molecule has 2 unspecified atom stereocenters. The van der Waals surface area contributed by atoms with Crippen LogP contribution in [-0.2, 0) is 14.3 Å². The van der Waals surface area contributed by atoms with E-state index < -0.39 is 6.04 Å². The molecule has 0 spiro atoms. The third kappa shape index (κ3) is 4.27. The van der Waals surface area contributed by atoms with E-state index in [1.54, 1.807) is 6.92 Å². The van der Waals surface area contributed by atoms with Crippen molar-refractivity contribution in [3.63, 3.8) is 0 Å². The summed E-state index contributed by atoms with van der Waals surface area (Å²) >= 11 is 0. The largest absolute Gasteiger partial charge is 0.378 e. The van der Waals surface area contributed by atoms with Gasteiger partial charge in [0.05, 0.1) is 13.2 Å². The molecule has 1 saturated carbocycles. The van der Waals surface area contributed by atoms with Gasteiger partial charge in [-0.1, -0.05) is 0 Å². The molecule has 0 aromatic rings. The van der Waals surface area contributed by atoms with E-state index in [2.05, 4.69) is 16.0 Å². The maximum Gasteiger partial charge on any atom is 0.242 e. The van der Waals surface area contributed by atoms with Crippen LogP contribution in [0.3, 0.4) is 0 Å². The molecule has 2 amide bonds. The molecule has 0 aromatic heterocycles. The second-order valence-electron chi connectivity index (χ2n) is 5.00. The van der Waals surface area contributed by atoms with Gasteiger partial charge in [-0.05, 0) is 19.8 Å². The zero-order chi connectivity index (χ0) is 13.0. The van der Waals surface area contributed by atoms with Gasteiger partial charge in [0, 0.05) is 25.0 Å². The van der Waals surface area contributed by atoms with Gasteiger partial charge >= 0.3 is 0 Å². The maximum absolute atomic E-state index is 11.7. The summed E-state index contributed by atoms with van der Waals surface area (Å²) in [6.45, 7) is 3.73. The molecule has 0 aromatic carbocycles. The van der Waals surface area contributed by atoms with Gasteiger partial charge in [-0.15, -0.1) is 0 Å². The van der Waals surface area contributed by atoms with Crippen molar-refractivity contribution < 1.29 is 14.3 Å². The van der Waals surface area contributed by atoms with E-state index in [0.717, 1.165) is 19.4 Å². The van der Waals surface area contributed by atoms with Crippen LogP contribution in [0.1, 0.15) is 26.2 Å². The summed E-state index contributed by atoms with van der Waals surface area (Å²) in [6, 6.07) is -0.0923. The normalized spacial score (nSPS) is 25.3. The Morgan fingerprint density at radius 1 is 1.44 bits per heavy atom. The average Bonchev–Trinajstić information content (AvgIpc) is 3.14. The maximum atomic E-state index is 11.7. The van der Waals surface area contributed by atoms with Crippen LogP contribution in [-0.4, -0.2) is 49.7 Å². The Balaban J connectivity index is 1.66. The van der Waals surface area contributed by atoms with Crippen LogP contribution in [0.15, 0.2) is 0 Å². The monoisotopic (exact) mass is 255 g/mol. The van der Waals surface area contributed by atoms with E-state index in [1.807, 2.05) is 0 Å². The molecule has 2 aliphatic rings. The summed E-state index contributed by atoms with van der Waals surface area (Å²) < 4.78 is 5.27. The van der Waals surface area contributed by atoms with Crippen LogP contribution in [0.4, 0.5) is 0 Å². The number of rotatable bonds is 5. The summed E-state index contributed by atoms with van der Waals surface area (Å²) in [5.74, 6) is -0.213. The first-order valence-electron chi connectivity index (χ1n) is 6.56. The third-order valence-corrected chi connectivity index (χ3v) is 3.12. The highest BCUT2D eigenvalue weighted by atomic mass is 16.5. The molecular weight excluding hydrogens is 234 g/mol. The Morgan fingerprint density at radius 3 is 2.83 bits per heavy atom. The smallest absolute Gasteiger partial charge is 0.242 e. The second-order valence-corrected chi connectivity index (χ2v) is 5.00. The van der Waals surface area contributed by atoms with Gasteiger partial charge in [-0.3, -0.25) is 9.59 Å². The van der Waals surface area contributed by atoms with Crippen LogP contribution < -0.4 is 16.0 Å². The topological polar surface area (TPSA) is 79.5 Å². The number of hydrogen-bond acceptors (Lipinski definition) is 4. The molecule has 2 fully saturated rings. The minimum Gasteiger partial charge on any atom is -0.378 e. The summed E-state index contributed by atoms with van der Waals surface area (Å²) in [6.07, 6.45) is 2.45. The fourth-order valence-corrected chi connectivity index (χ4v) is 1.89. The van der Waals surface area contributed by atoms with Gasteiger partial charge < -0.3 is 20.7 Å². The fourth-order valence-electron chi connectivity index (χ4n) is 1.89. The van der Waals surface area contributed by atoms with Crippen molar-refractivity contribution in [3.05, 3.63) is 0 Å². The summed E-state index contributed by atoms with van der Waals surface area (Å²) in [4.78, 5) is 23.4. The Morgan fingerprint density at radius 2 is 2.22 bits per heavy atom. The molecule has 102 valence electrons. The fraction of sp³-hybridized carbons (Fsp3) is 0.833. The lowest BCUT2D eigenvalue weighted by atomic mass is 10.2. The quantitative estimate of drug-likeness (QED) is 0.598. The Hall–Kier alpha value is -1.14. The predicted octanol–water partition coefficient (Wildman–Crippen LogP) is -0.852. The van der Waals surface area contributed by atoms with Crippen molar-refractivity contribution in [1.29, 1.82) is 0 Å². The number of ether oxygens (including phenoxy) is 1. The van der Waals surface area contributed by atoms with Gasteiger partial charge in [-0.25, -0.2) is 0 Å². The molecule has 18 heavy (non-hydrogen) atoms. The lowest BCUT2D eigenvalue weighted by molar-refractivity contribution is -0.129. The Labute approximate surface area is 107 Å². The lowest BCUT2D eigenvalue weighted by Gasteiger charge is -2.24. The van der Waals surface area contributed by atoms with Gasteiger partial charge in [0.1, 0.15) is 6.04 Å². The van der Waals surface area contributed by atoms with Crippen molar-refractivity contribution in [2.75, 3.05) is 19.8 Å². The predicted molar refractivity (Wildman–Crippen MR) is 66.0 cm³/mol. The molecule has 2 atom stereocenters. The van der Waals surface area contributed by atoms with Gasteiger partial charge in [0.15, 0.2) is 0 Å². The first-order valence-corrected chi connectivity index (χ1v) is 6.56. The van der Waals surface area contributed by atoms with Crippen LogP contribution in [0, 0.1) is 0 Å². The second kappa shape index (κ2) is 6.15. The van der Waals surface area contributed by atoms with Crippen molar-refractivity contribution in [1.82, 2.24) is 16.0 Å². The summed E-state index contributed by atoms with van der Waals surface area (Å²) in [5.41, 5.74) is 0. The average molecular weight is 255 g/mol. The van der Waals surface area contributed by atoms with Crippen LogP contribution in [0.5, 0.6) is 0 Å². The van der Waals surface area contributed by atoms with E-state index in [0.29, 0.717) is 25.7 Å². The van der Waals surface area contributed by atoms with Crippen molar-refractivity contribution in [2.24, 2.45) is 0 Å². The Bertz CT molecular complexity index is 312. The number of morpholine rings is 1. The zero-order valence-corrected chi connectivity index (χ0v) is 10.7. The number of carbonyl (C=O) groups excluding carboxylic acids is 2. The molecule has 1 saturated heterocycles. The number of hydrogen-bond donors (Lipinski definition) is 3. The van der Waals surface area contributed by atoms with E-state index >= 15 is 0 Å². The Kier molecular flexibility index (Phi) is 4.54. The minimum absolute atomic E-state index is 0.0532. The summed E-state index contributed by atoms with van der Waals surface area (Å²) in [5, 5.41) is 8.79. The minimum atomic E-state index is -0.470. The van der Waals surface area contributed by atoms with E-state index in [9.17, 15) is 9.59 Å². The van der Waals surface area contributed by atoms with Gasteiger partial charge in [0.2, 0.25) is 11.8 Å². The lowest BCUT2D eigenvalue weighted by Crippen LogP contribution is -2.49. The molecule has 0 bridgehead atoms. The van der Waals surface area contributed by atoms with Gasteiger partial charge in [-0.2, -0.15) is 0 Å². The SMILES string of the molecule is CC(NC(=O)CC1COCCN1)C(=O)NC1CC1. The van der Waals surface area contributed by atoms with Crippen LogP contribution >= 0.6 is 0 Å². The molecule has 1 aliphatic heterocycles. The highest BCUT2D eigenvalue weighted by Crippen LogP contribution is 2.18. The van der Waals surface area contributed by atoms with E-state index in [4.69, 9.17) is 4.74 Å². The molecule has 1 heterocycles. The van der Waals surface area contributed by atoms with Crippen LogP contribution in [0.2, 0.25) is 0 Å². The highest BCUT2D eigenvalue weighted by Gasteiger charge is 2.26. The number of carbonyl (C=O) groups is 2. The molecular formula is C12H21N3O3. The van der Waals surface area contributed by atoms with E-state index in [-0.39, 0.29) is 17.9 Å². The standard InChI is InChI=1S/C12H21N3O3/c1-8(12(17)15-9-2-3-9)14-11(16)6-10-7-18-5-4-13-10/h8-10,13H,2-7H2,1H3,(H,14,16)(H,15,17). The number of nitrogens with one attached hydrogen (secondary N) is 3. The third-order valence-electron chi connectivity index (χ3n) is 3.12. The number of amides is 2. The van der Waals surface area contributed by atoms with Crippen molar-refractivity contribution >= 4 is 11.8 Å². The molecule has 1 aliphatic carbocycles. The molecule has 0 radical (unpaired) electrons. The van der Waals surface area contributed by atoms with Gasteiger partial charge in [0.25, 0.3) is 0 Å². The van der Waals surface area contributed by atoms with Crippen molar-refractivity contribution in [3.8, 4) is 0 Å². The highest BCUT2D eigenvalue weighted by molar-refractivity contribution is 5.87. The first kappa shape index (κ1) is 13.3. The zero-order valence-electron chi connectivity index (χ0n) is 10.7. The van der Waals surface area contributed by atoms with Crippen molar-refractivity contribution in [2.45, 2.75) is 44.3 Å². The molecule has 3 N–H and O–H groups in total.